The van der Waals surface area contributed by atoms with Crippen molar-refractivity contribution in [3.05, 3.63) is 92.1 Å². The van der Waals surface area contributed by atoms with Gasteiger partial charge < -0.3 is 14.6 Å². The first-order valence-corrected chi connectivity index (χ1v) is 14.0. The Bertz CT molecular complexity index is 1480. The maximum atomic E-state index is 13.0. The summed E-state index contributed by atoms with van der Waals surface area (Å²) in [6.07, 6.45) is 3.56. The second kappa shape index (κ2) is 11.4. The molecule has 0 bridgehead atoms. The molecule has 0 aliphatic carbocycles. The van der Waals surface area contributed by atoms with Gasteiger partial charge in [0.05, 0.1) is 18.0 Å². The van der Waals surface area contributed by atoms with Crippen LogP contribution in [0.25, 0.3) is 17.0 Å². The molecule has 3 amide bonds. The van der Waals surface area contributed by atoms with Gasteiger partial charge in [-0.3, -0.25) is 19.3 Å². The third kappa shape index (κ3) is 5.98. The number of hydrogen-bond donors (Lipinski definition) is 1. The highest BCUT2D eigenvalue weighted by molar-refractivity contribution is 9.10. The van der Waals surface area contributed by atoms with Crippen LogP contribution in [0.1, 0.15) is 10.4 Å². The molecule has 1 aliphatic heterocycles. The van der Waals surface area contributed by atoms with Crippen LogP contribution in [0.5, 0.6) is 5.75 Å². The fourth-order valence-electron chi connectivity index (χ4n) is 3.96. The summed E-state index contributed by atoms with van der Waals surface area (Å²) in [6, 6.07) is 19.0. The van der Waals surface area contributed by atoms with E-state index in [0.29, 0.717) is 17.2 Å². The topological polar surface area (TPSA) is 80.6 Å². The van der Waals surface area contributed by atoms with Crippen LogP contribution >= 0.6 is 39.0 Å². The Labute approximate surface area is 230 Å². The van der Waals surface area contributed by atoms with Crippen molar-refractivity contribution in [1.29, 1.82) is 0 Å². The Balaban J connectivity index is 1.32. The molecule has 5 rings (SSSR count). The summed E-state index contributed by atoms with van der Waals surface area (Å²) >= 11 is 6.01. The molecule has 1 N–H and O–H groups in total. The lowest BCUT2D eigenvalue weighted by molar-refractivity contribution is -0.123. The van der Waals surface area contributed by atoms with Crippen LogP contribution in [-0.4, -0.2) is 39.7 Å². The lowest BCUT2D eigenvalue weighted by atomic mass is 10.1. The fraction of sp³-hybridized carbons (Fsp3) is 0.148. The Morgan fingerprint density at radius 1 is 1.08 bits per heavy atom. The predicted molar refractivity (Wildman–Crippen MR) is 150 cm³/mol. The monoisotopic (exact) mass is 595 g/mol. The second-order valence-corrected chi connectivity index (χ2v) is 11.2. The molecule has 10 heteroatoms. The Kier molecular flexibility index (Phi) is 7.78. The minimum atomic E-state index is -0.351. The van der Waals surface area contributed by atoms with E-state index in [1.807, 2.05) is 76.8 Å². The van der Waals surface area contributed by atoms with E-state index in [9.17, 15) is 14.4 Å². The van der Waals surface area contributed by atoms with Gasteiger partial charge in [-0.15, -0.1) is 11.3 Å². The van der Waals surface area contributed by atoms with Crippen LogP contribution in [0.2, 0.25) is 0 Å². The van der Waals surface area contributed by atoms with Crippen LogP contribution in [0.4, 0.5) is 4.79 Å². The van der Waals surface area contributed by atoms with Crippen LogP contribution in [0, 0.1) is 0 Å². The van der Waals surface area contributed by atoms with Crippen LogP contribution in [0.15, 0.2) is 81.6 Å². The molecule has 0 spiro atoms. The Morgan fingerprint density at radius 3 is 2.70 bits per heavy atom. The van der Waals surface area contributed by atoms with E-state index in [1.165, 1.54) is 4.90 Å². The number of fused-ring (bicyclic) bond motifs is 1. The highest BCUT2D eigenvalue weighted by Crippen LogP contribution is 2.34. The number of hydrogen-bond acceptors (Lipinski definition) is 6. The number of aromatic nitrogens is 1. The first-order valence-electron chi connectivity index (χ1n) is 11.5. The average Bonchev–Trinajstić information content (AvgIpc) is 3.59. The number of carbonyl (C=O) groups is 3. The van der Waals surface area contributed by atoms with Crippen molar-refractivity contribution in [3.8, 4) is 5.75 Å². The predicted octanol–water partition coefficient (Wildman–Crippen LogP) is 5.90. The Morgan fingerprint density at radius 2 is 1.92 bits per heavy atom. The molecular formula is C27H22BrN3O4S2. The van der Waals surface area contributed by atoms with Crippen molar-refractivity contribution in [2.75, 3.05) is 13.2 Å². The number of nitrogens with zero attached hydrogens (tertiary/aromatic N) is 2. The van der Waals surface area contributed by atoms with Gasteiger partial charge in [0.25, 0.3) is 11.1 Å². The summed E-state index contributed by atoms with van der Waals surface area (Å²) in [6.45, 7) is 0.988. The van der Waals surface area contributed by atoms with Gasteiger partial charge >= 0.3 is 0 Å². The molecule has 3 heterocycles. The number of amides is 3. The summed E-state index contributed by atoms with van der Waals surface area (Å²) in [5.41, 5.74) is 1.62. The minimum absolute atomic E-state index is 0.112. The molecule has 4 aromatic rings. The van der Waals surface area contributed by atoms with Gasteiger partial charge in [0.15, 0.2) is 0 Å². The lowest BCUT2D eigenvalue weighted by Gasteiger charge is -2.13. The third-order valence-corrected chi connectivity index (χ3v) is 7.99. The zero-order chi connectivity index (χ0) is 25.8. The number of nitrogens with one attached hydrogen (secondary N) is 1. The van der Waals surface area contributed by atoms with E-state index in [-0.39, 0.29) is 36.7 Å². The molecular weight excluding hydrogens is 574 g/mol. The van der Waals surface area contributed by atoms with E-state index in [0.717, 1.165) is 37.6 Å². The molecule has 0 atom stereocenters. The van der Waals surface area contributed by atoms with Gasteiger partial charge in [-0.2, -0.15) is 0 Å². The molecule has 1 fully saturated rings. The number of halogens is 1. The van der Waals surface area contributed by atoms with Crippen molar-refractivity contribution >= 4 is 73.1 Å². The highest BCUT2D eigenvalue weighted by atomic mass is 79.9. The van der Waals surface area contributed by atoms with Gasteiger partial charge in [0, 0.05) is 32.0 Å². The molecule has 2 aromatic carbocycles. The molecule has 37 heavy (non-hydrogen) atoms. The van der Waals surface area contributed by atoms with Gasteiger partial charge in [-0.1, -0.05) is 40.2 Å². The zero-order valence-electron chi connectivity index (χ0n) is 19.6. The average molecular weight is 597 g/mol. The maximum absolute atomic E-state index is 13.0. The first kappa shape index (κ1) is 25.3. The van der Waals surface area contributed by atoms with Crippen LogP contribution < -0.4 is 10.1 Å². The van der Waals surface area contributed by atoms with Gasteiger partial charge in [0.2, 0.25) is 5.91 Å². The zero-order valence-corrected chi connectivity index (χ0v) is 22.8. The fourth-order valence-corrected chi connectivity index (χ4v) is 5.82. The summed E-state index contributed by atoms with van der Waals surface area (Å²) < 4.78 is 8.38. The highest BCUT2D eigenvalue weighted by Gasteiger charge is 2.35. The maximum Gasteiger partial charge on any atom is 0.293 e. The van der Waals surface area contributed by atoms with Crippen molar-refractivity contribution in [3.63, 3.8) is 0 Å². The number of para-hydroxylation sites is 1. The quantitative estimate of drug-likeness (QED) is 0.244. The van der Waals surface area contributed by atoms with Gasteiger partial charge in [-0.05, 0) is 59.6 Å². The summed E-state index contributed by atoms with van der Waals surface area (Å²) in [7, 11) is 0. The molecule has 0 unspecified atom stereocenters. The van der Waals surface area contributed by atoms with Crippen molar-refractivity contribution < 1.29 is 19.1 Å². The number of ether oxygens (including phenoxy) is 1. The van der Waals surface area contributed by atoms with E-state index >= 15 is 0 Å². The van der Waals surface area contributed by atoms with Crippen LogP contribution in [0.3, 0.4) is 0 Å². The second-order valence-electron chi connectivity index (χ2n) is 8.22. The number of imide groups is 1. The number of benzene rings is 2. The number of thioether (sulfide) groups is 1. The molecule has 0 saturated carbocycles. The summed E-state index contributed by atoms with van der Waals surface area (Å²) in [5.74, 6) is 0.220. The largest absolute Gasteiger partial charge is 0.492 e. The van der Waals surface area contributed by atoms with E-state index in [4.69, 9.17) is 4.74 Å². The summed E-state index contributed by atoms with van der Waals surface area (Å²) in [4.78, 5) is 40.9. The normalized spacial score (nSPS) is 14.6. The van der Waals surface area contributed by atoms with E-state index < -0.39 is 0 Å². The number of thiophene rings is 1. The number of carbonyl (C=O) groups excluding carboxylic acids is 3. The van der Waals surface area contributed by atoms with Crippen molar-refractivity contribution in [2.45, 2.75) is 13.1 Å². The molecule has 0 radical (unpaired) electrons. The Hall–Kier alpha value is -3.34. The van der Waals surface area contributed by atoms with Gasteiger partial charge in [0.1, 0.15) is 18.9 Å². The summed E-state index contributed by atoms with van der Waals surface area (Å²) in [5, 5.41) is 5.47. The number of rotatable bonds is 9. The van der Waals surface area contributed by atoms with Crippen molar-refractivity contribution in [1.82, 2.24) is 14.8 Å². The molecule has 188 valence electrons. The molecule has 2 aromatic heterocycles. The molecule has 7 nitrogen and oxygen atoms in total. The SMILES string of the molecule is O=C(Cn1cc(/C=C2\SC(=O)N(CCOc3ccccc3)C2=O)c2cc(Br)ccc21)NCc1cccs1. The van der Waals surface area contributed by atoms with E-state index in [1.54, 1.807) is 17.4 Å². The standard InChI is InChI=1S/C27H22BrN3O4S2/c28-19-8-9-23-22(14-19)18(16-30(23)17-25(32)29-15-21-7-4-12-36-21)13-24-26(33)31(27(34)37-24)10-11-35-20-5-2-1-3-6-20/h1-9,12-14,16H,10-11,15,17H2,(H,29,32)/b24-13-. The van der Waals surface area contributed by atoms with Gasteiger partial charge in [-0.25, -0.2) is 0 Å². The smallest absolute Gasteiger partial charge is 0.293 e. The third-order valence-electron chi connectivity index (χ3n) is 5.71. The van der Waals surface area contributed by atoms with Crippen molar-refractivity contribution in [2.24, 2.45) is 0 Å². The molecule has 1 aliphatic rings. The van der Waals surface area contributed by atoms with E-state index in [2.05, 4.69) is 21.2 Å². The minimum Gasteiger partial charge on any atom is -0.492 e. The first-order chi connectivity index (χ1) is 18.0. The molecule has 1 saturated heterocycles. The van der Waals surface area contributed by atoms with Crippen LogP contribution in [-0.2, 0) is 22.7 Å². The lowest BCUT2D eigenvalue weighted by Crippen LogP contribution is -2.32.